The number of ether oxygens (including phenoxy) is 1. The van der Waals surface area contributed by atoms with Gasteiger partial charge in [-0.25, -0.2) is 14.2 Å². The Balaban J connectivity index is 1.88. The molecule has 3 aromatic rings. The molecule has 106 valence electrons. The van der Waals surface area contributed by atoms with E-state index < -0.39 is 17.3 Å². The lowest BCUT2D eigenvalue weighted by molar-refractivity contribution is 0.142. The molecule has 1 aromatic carbocycles. The molecule has 0 aliphatic heterocycles. The summed E-state index contributed by atoms with van der Waals surface area (Å²) in [6.45, 7) is 0.104. The van der Waals surface area contributed by atoms with E-state index in [0.717, 1.165) is 10.1 Å². The number of hydrogen-bond donors (Lipinski definition) is 2. The zero-order chi connectivity index (χ0) is 14.8. The van der Waals surface area contributed by atoms with Crippen molar-refractivity contribution >= 4 is 17.1 Å². The van der Waals surface area contributed by atoms with E-state index in [-0.39, 0.29) is 17.6 Å². The molecule has 0 spiro atoms. The topological polar surface area (TPSA) is 96.9 Å². The van der Waals surface area contributed by atoms with Crippen LogP contribution in [0.1, 0.15) is 5.56 Å². The van der Waals surface area contributed by atoms with Crippen LogP contribution < -0.4 is 11.2 Å². The molecule has 0 aliphatic carbocycles. The van der Waals surface area contributed by atoms with Crippen molar-refractivity contribution in [3.63, 3.8) is 0 Å². The first-order chi connectivity index (χ1) is 10.1. The molecule has 0 fully saturated rings. The summed E-state index contributed by atoms with van der Waals surface area (Å²) in [7, 11) is 0. The smallest absolute Gasteiger partial charge is 0.419 e. The molecule has 2 aromatic heterocycles. The summed E-state index contributed by atoms with van der Waals surface area (Å²) in [6.07, 6.45) is 0.707. The Hall–Kier alpha value is -3.09. The van der Waals surface area contributed by atoms with Crippen LogP contribution in [0.15, 0.2) is 52.2 Å². The number of carbonyl (C=O) groups excluding carboxylic acids is 1. The number of hydrogen-bond acceptors (Lipinski definition) is 4. The van der Waals surface area contributed by atoms with Crippen molar-refractivity contribution in [3.05, 3.63) is 69.0 Å². The Morgan fingerprint density at radius 2 is 1.86 bits per heavy atom. The molecule has 7 nitrogen and oxygen atoms in total. The fourth-order valence-electron chi connectivity index (χ4n) is 1.99. The first-order valence-corrected chi connectivity index (χ1v) is 6.20. The van der Waals surface area contributed by atoms with Gasteiger partial charge in [-0.05, 0) is 11.6 Å². The molecule has 0 saturated carbocycles. The minimum absolute atomic E-state index is 0.104. The second-order valence-electron chi connectivity index (χ2n) is 4.40. The van der Waals surface area contributed by atoms with Gasteiger partial charge in [0.05, 0.1) is 5.39 Å². The summed E-state index contributed by atoms with van der Waals surface area (Å²) in [6, 6.07) is 10.6. The van der Waals surface area contributed by atoms with Crippen LogP contribution in [0, 0.1) is 0 Å². The predicted octanol–water partition coefficient (Wildman–Crippen LogP) is 1.20. The second-order valence-corrected chi connectivity index (χ2v) is 4.40. The molecule has 0 bridgehead atoms. The molecule has 0 aliphatic rings. The summed E-state index contributed by atoms with van der Waals surface area (Å²) in [5.74, 6) is 0. The van der Waals surface area contributed by atoms with E-state index in [1.54, 1.807) is 0 Å². The molecular formula is C14H11N3O4. The minimum Gasteiger partial charge on any atom is -0.444 e. The standard InChI is InChI=1S/C14H11N3O4/c18-12-10-6-7-17(11(10)15-13(19)16-12)14(20)21-8-9-4-2-1-3-5-9/h1-7H,8H2,(H2,15,16,18,19). The number of H-pyrrole nitrogens is 2. The van der Waals surface area contributed by atoms with Crippen molar-refractivity contribution in [2.75, 3.05) is 0 Å². The Labute approximate surface area is 117 Å². The van der Waals surface area contributed by atoms with Crippen molar-refractivity contribution < 1.29 is 9.53 Å². The number of carbonyl (C=O) groups is 1. The van der Waals surface area contributed by atoms with E-state index in [2.05, 4.69) is 9.97 Å². The van der Waals surface area contributed by atoms with Gasteiger partial charge >= 0.3 is 11.8 Å². The van der Waals surface area contributed by atoms with Gasteiger partial charge in [0.2, 0.25) is 0 Å². The summed E-state index contributed by atoms with van der Waals surface area (Å²) in [4.78, 5) is 39.4. The maximum Gasteiger partial charge on any atom is 0.419 e. The van der Waals surface area contributed by atoms with Gasteiger partial charge in [-0.2, -0.15) is 0 Å². The first kappa shape index (κ1) is 12.9. The zero-order valence-electron chi connectivity index (χ0n) is 10.8. The highest BCUT2D eigenvalue weighted by atomic mass is 16.5. The number of fused-ring (bicyclic) bond motifs is 1. The van der Waals surface area contributed by atoms with E-state index in [9.17, 15) is 14.4 Å². The molecule has 21 heavy (non-hydrogen) atoms. The summed E-state index contributed by atoms with van der Waals surface area (Å²) in [5.41, 5.74) is -0.276. The summed E-state index contributed by atoms with van der Waals surface area (Å²) in [5, 5.41) is 0.214. The Morgan fingerprint density at radius 3 is 2.62 bits per heavy atom. The van der Waals surface area contributed by atoms with Crippen LogP contribution in [-0.4, -0.2) is 20.6 Å². The highest BCUT2D eigenvalue weighted by molar-refractivity contribution is 5.86. The van der Waals surface area contributed by atoms with E-state index in [1.165, 1.54) is 12.3 Å². The first-order valence-electron chi connectivity index (χ1n) is 6.20. The number of aromatic nitrogens is 3. The maximum atomic E-state index is 12.0. The fourth-order valence-corrected chi connectivity index (χ4v) is 1.99. The molecule has 0 atom stereocenters. The lowest BCUT2D eigenvalue weighted by Gasteiger charge is -2.06. The highest BCUT2D eigenvalue weighted by Crippen LogP contribution is 2.09. The van der Waals surface area contributed by atoms with Gasteiger partial charge in [0.25, 0.3) is 5.56 Å². The SMILES string of the molecule is O=C(OCc1ccccc1)n1ccc2c(=O)[nH]c(=O)[nH]c21. The van der Waals surface area contributed by atoms with E-state index in [0.29, 0.717) is 0 Å². The maximum absolute atomic E-state index is 12.0. The molecule has 7 heteroatoms. The van der Waals surface area contributed by atoms with Gasteiger partial charge in [0.15, 0.2) is 0 Å². The Bertz CT molecular complexity index is 905. The van der Waals surface area contributed by atoms with Crippen LogP contribution >= 0.6 is 0 Å². The third kappa shape index (κ3) is 2.48. The molecule has 0 radical (unpaired) electrons. The summed E-state index contributed by atoms with van der Waals surface area (Å²) < 4.78 is 6.24. The van der Waals surface area contributed by atoms with Crippen molar-refractivity contribution in [2.45, 2.75) is 6.61 Å². The van der Waals surface area contributed by atoms with Gasteiger partial charge in [0.1, 0.15) is 12.3 Å². The van der Waals surface area contributed by atoms with Crippen molar-refractivity contribution in [1.29, 1.82) is 0 Å². The molecule has 0 amide bonds. The zero-order valence-corrected chi connectivity index (χ0v) is 10.8. The quantitative estimate of drug-likeness (QED) is 0.739. The van der Waals surface area contributed by atoms with Crippen molar-refractivity contribution in [1.82, 2.24) is 14.5 Å². The number of rotatable bonds is 2. The molecule has 3 rings (SSSR count). The van der Waals surface area contributed by atoms with Crippen LogP contribution in [0.5, 0.6) is 0 Å². The second kappa shape index (κ2) is 5.12. The van der Waals surface area contributed by atoms with Gasteiger partial charge in [-0.15, -0.1) is 0 Å². The lowest BCUT2D eigenvalue weighted by atomic mass is 10.2. The number of benzene rings is 1. The molecule has 0 saturated heterocycles. The fraction of sp³-hybridized carbons (Fsp3) is 0.0714. The van der Waals surface area contributed by atoms with Crippen molar-refractivity contribution in [2.24, 2.45) is 0 Å². The van der Waals surface area contributed by atoms with E-state index in [1.807, 2.05) is 30.3 Å². The molecular weight excluding hydrogens is 274 g/mol. The normalized spacial score (nSPS) is 10.7. The number of nitrogens with zero attached hydrogens (tertiary/aromatic N) is 1. The highest BCUT2D eigenvalue weighted by Gasteiger charge is 2.13. The van der Waals surface area contributed by atoms with Crippen LogP contribution in [0.2, 0.25) is 0 Å². The number of nitrogens with one attached hydrogen (secondary N) is 2. The average Bonchev–Trinajstić information content (AvgIpc) is 2.90. The number of aromatic amines is 2. The molecule has 0 unspecified atom stereocenters. The monoisotopic (exact) mass is 285 g/mol. The van der Waals surface area contributed by atoms with Gasteiger partial charge in [-0.3, -0.25) is 14.8 Å². The third-order valence-electron chi connectivity index (χ3n) is 2.99. The van der Waals surface area contributed by atoms with Crippen molar-refractivity contribution in [3.8, 4) is 0 Å². The Kier molecular flexibility index (Phi) is 3.15. The van der Waals surface area contributed by atoms with Crippen LogP contribution in [0.25, 0.3) is 11.0 Å². The van der Waals surface area contributed by atoms with Crippen LogP contribution in [-0.2, 0) is 11.3 Å². The summed E-state index contributed by atoms with van der Waals surface area (Å²) >= 11 is 0. The third-order valence-corrected chi connectivity index (χ3v) is 2.99. The van der Waals surface area contributed by atoms with E-state index in [4.69, 9.17) is 4.74 Å². The largest absolute Gasteiger partial charge is 0.444 e. The lowest BCUT2D eigenvalue weighted by Crippen LogP contribution is -2.23. The Morgan fingerprint density at radius 1 is 1.10 bits per heavy atom. The molecule has 2 heterocycles. The van der Waals surface area contributed by atoms with Gasteiger partial charge in [-0.1, -0.05) is 30.3 Å². The average molecular weight is 285 g/mol. The van der Waals surface area contributed by atoms with Gasteiger partial charge in [0, 0.05) is 6.20 Å². The van der Waals surface area contributed by atoms with Crippen LogP contribution in [0.4, 0.5) is 4.79 Å². The predicted molar refractivity (Wildman–Crippen MR) is 75.2 cm³/mol. The molecule has 2 N–H and O–H groups in total. The minimum atomic E-state index is -0.677. The van der Waals surface area contributed by atoms with Crippen LogP contribution in [0.3, 0.4) is 0 Å². The van der Waals surface area contributed by atoms with Gasteiger partial charge < -0.3 is 4.74 Å². The van der Waals surface area contributed by atoms with E-state index >= 15 is 0 Å².